The second-order valence-electron chi connectivity index (χ2n) is 8.86. The molecule has 2 saturated carbocycles. The van der Waals surface area contributed by atoms with E-state index < -0.39 is 28.1 Å². The molecule has 140 valence electrons. The minimum absolute atomic E-state index is 0.00964. The Balaban J connectivity index is 1.65. The van der Waals surface area contributed by atoms with E-state index in [9.17, 15) is 14.7 Å². The van der Waals surface area contributed by atoms with Crippen LogP contribution in [0.5, 0.6) is 0 Å². The predicted octanol–water partition coefficient (Wildman–Crippen LogP) is 2.03. The second-order valence-corrected chi connectivity index (χ2v) is 8.86. The zero-order valence-electron chi connectivity index (χ0n) is 15.3. The van der Waals surface area contributed by atoms with Crippen LogP contribution >= 0.6 is 0 Å². The summed E-state index contributed by atoms with van der Waals surface area (Å²) in [4.78, 5) is 26.1. The quantitative estimate of drug-likeness (QED) is 0.641. The lowest BCUT2D eigenvalue weighted by Crippen LogP contribution is -2.82. The Morgan fingerprint density at radius 3 is 2.73 bits per heavy atom. The fourth-order valence-electron chi connectivity index (χ4n) is 6.39. The second kappa shape index (κ2) is 4.60. The maximum absolute atomic E-state index is 13.2. The summed E-state index contributed by atoms with van der Waals surface area (Å²) in [5, 5.41) is 12.1. The molecule has 26 heavy (non-hydrogen) atoms. The first-order valence-corrected chi connectivity index (χ1v) is 9.37. The average molecular weight is 360 g/mol. The predicted molar refractivity (Wildman–Crippen MR) is 89.1 cm³/mol. The van der Waals surface area contributed by atoms with Gasteiger partial charge in [-0.25, -0.2) is 0 Å². The molecule has 6 heteroatoms. The highest BCUT2D eigenvalue weighted by molar-refractivity contribution is 5.96. The van der Waals surface area contributed by atoms with Gasteiger partial charge in [0, 0.05) is 12.8 Å². The Morgan fingerprint density at radius 2 is 2.08 bits per heavy atom. The maximum Gasteiger partial charge on any atom is 0.319 e. The van der Waals surface area contributed by atoms with Crippen molar-refractivity contribution >= 4 is 11.8 Å². The molecule has 2 aliphatic heterocycles. The lowest BCUT2D eigenvalue weighted by molar-refractivity contribution is -0.302. The van der Waals surface area contributed by atoms with Gasteiger partial charge in [0.2, 0.25) is 0 Å². The molecule has 1 N–H and O–H groups in total. The molecule has 0 bridgehead atoms. The van der Waals surface area contributed by atoms with E-state index in [1.165, 1.54) is 0 Å². The smallest absolute Gasteiger partial charge is 0.319 e. The molecule has 4 aliphatic rings. The van der Waals surface area contributed by atoms with Crippen molar-refractivity contribution in [1.29, 1.82) is 0 Å². The number of aliphatic hydroxyl groups is 1. The molecule has 1 aromatic heterocycles. The number of ether oxygens (including phenoxy) is 2. The molecule has 0 radical (unpaired) electrons. The first-order chi connectivity index (χ1) is 12.2. The molecular formula is C20H24O6. The van der Waals surface area contributed by atoms with Gasteiger partial charge < -0.3 is 19.0 Å². The molecule has 0 amide bonds. The van der Waals surface area contributed by atoms with Crippen LogP contribution in [0.4, 0.5) is 0 Å². The topological polar surface area (TPSA) is 89.3 Å². The monoisotopic (exact) mass is 360 g/mol. The molecule has 5 rings (SSSR count). The fraction of sp³-hybridized carbons (Fsp3) is 0.700. The molecule has 4 fully saturated rings. The number of Topliss-reactive ketones (excluding diaryl/α,β-unsaturated/α-hetero) is 1. The molecule has 6 nitrogen and oxygen atoms in total. The SMILES string of the molecule is CC1CC(=O)C2(C)C3(C)OC3CCC2(O)C12C(=O)OC2Cc1ccoc1. The largest absolute Gasteiger partial charge is 0.472 e. The van der Waals surface area contributed by atoms with E-state index in [0.717, 1.165) is 5.56 Å². The summed E-state index contributed by atoms with van der Waals surface area (Å²) in [6.07, 6.45) is 4.46. The molecule has 2 aliphatic carbocycles. The van der Waals surface area contributed by atoms with Crippen molar-refractivity contribution in [3.63, 3.8) is 0 Å². The highest BCUT2D eigenvalue weighted by Crippen LogP contribution is 2.73. The van der Waals surface area contributed by atoms with Gasteiger partial charge in [0.25, 0.3) is 0 Å². The van der Waals surface area contributed by atoms with Crippen molar-refractivity contribution in [2.75, 3.05) is 0 Å². The molecule has 7 atom stereocenters. The molecule has 3 heterocycles. The van der Waals surface area contributed by atoms with Gasteiger partial charge in [0.1, 0.15) is 22.9 Å². The minimum Gasteiger partial charge on any atom is -0.472 e. The molecular weight excluding hydrogens is 336 g/mol. The number of hydrogen-bond acceptors (Lipinski definition) is 6. The highest BCUT2D eigenvalue weighted by atomic mass is 16.6. The number of carbonyl (C=O) groups excluding carboxylic acids is 2. The summed E-state index contributed by atoms with van der Waals surface area (Å²) in [7, 11) is 0. The maximum atomic E-state index is 13.2. The lowest BCUT2D eigenvalue weighted by atomic mass is 9.39. The lowest BCUT2D eigenvalue weighted by Gasteiger charge is -2.67. The van der Waals surface area contributed by atoms with Gasteiger partial charge in [0.15, 0.2) is 0 Å². The van der Waals surface area contributed by atoms with E-state index in [1.807, 2.05) is 19.9 Å². The van der Waals surface area contributed by atoms with E-state index in [0.29, 0.717) is 19.3 Å². The van der Waals surface area contributed by atoms with Crippen molar-refractivity contribution in [2.45, 2.75) is 69.9 Å². The standard InChI is InChI=1S/C20H24O6/c1-11-8-13(21)17(2)18(3)14(26-18)4-6-19(17,23)20(11)15(25-16(20)22)9-12-5-7-24-10-12/h5,7,10-11,14-15,23H,4,6,8-9H2,1-3H3. The normalized spacial score (nSPS) is 52.1. The first-order valence-electron chi connectivity index (χ1n) is 9.37. The van der Waals surface area contributed by atoms with Crippen LogP contribution in [0, 0.1) is 16.7 Å². The molecule has 2 saturated heterocycles. The van der Waals surface area contributed by atoms with Gasteiger partial charge in [-0.2, -0.15) is 0 Å². The van der Waals surface area contributed by atoms with E-state index in [-0.39, 0.29) is 30.2 Å². The van der Waals surface area contributed by atoms with Crippen LogP contribution in [0.1, 0.15) is 45.6 Å². The molecule has 7 unspecified atom stereocenters. The summed E-state index contributed by atoms with van der Waals surface area (Å²) in [6.45, 7) is 5.58. The summed E-state index contributed by atoms with van der Waals surface area (Å²) < 4.78 is 16.6. The van der Waals surface area contributed by atoms with Gasteiger partial charge in [-0.3, -0.25) is 9.59 Å². The molecule has 0 aromatic carbocycles. The molecule has 1 aromatic rings. The number of rotatable bonds is 2. The zero-order chi connectivity index (χ0) is 18.5. The summed E-state index contributed by atoms with van der Waals surface area (Å²) in [5.41, 5.74) is -3.46. The third-order valence-corrected chi connectivity index (χ3v) is 8.14. The zero-order valence-corrected chi connectivity index (χ0v) is 15.3. The van der Waals surface area contributed by atoms with Crippen LogP contribution in [0.2, 0.25) is 0 Å². The van der Waals surface area contributed by atoms with E-state index in [4.69, 9.17) is 13.9 Å². The Hall–Kier alpha value is -1.66. The van der Waals surface area contributed by atoms with Crippen molar-refractivity contribution in [2.24, 2.45) is 16.7 Å². The van der Waals surface area contributed by atoms with Crippen LogP contribution in [0.15, 0.2) is 23.0 Å². The van der Waals surface area contributed by atoms with Gasteiger partial charge in [-0.1, -0.05) is 6.92 Å². The third kappa shape index (κ3) is 1.46. The van der Waals surface area contributed by atoms with E-state index >= 15 is 0 Å². The van der Waals surface area contributed by atoms with Crippen molar-refractivity contribution in [3.8, 4) is 0 Å². The van der Waals surface area contributed by atoms with E-state index in [2.05, 4.69) is 0 Å². The summed E-state index contributed by atoms with van der Waals surface area (Å²) >= 11 is 0. The number of esters is 1. The third-order valence-electron chi connectivity index (χ3n) is 8.14. The fourth-order valence-corrected chi connectivity index (χ4v) is 6.39. The van der Waals surface area contributed by atoms with Crippen LogP contribution in [0.3, 0.4) is 0 Å². The molecule has 1 spiro atoms. The summed E-state index contributed by atoms with van der Waals surface area (Å²) in [5.74, 6) is -0.683. The van der Waals surface area contributed by atoms with Gasteiger partial charge in [-0.05, 0) is 44.2 Å². The van der Waals surface area contributed by atoms with Crippen LogP contribution in [-0.2, 0) is 25.5 Å². The van der Waals surface area contributed by atoms with Gasteiger partial charge >= 0.3 is 5.97 Å². The Kier molecular flexibility index (Phi) is 2.92. The number of furan rings is 1. The Morgan fingerprint density at radius 1 is 1.31 bits per heavy atom. The Bertz CT molecular complexity index is 801. The average Bonchev–Trinajstić information content (AvgIpc) is 3.01. The number of carbonyl (C=O) groups is 2. The van der Waals surface area contributed by atoms with Crippen LogP contribution < -0.4 is 0 Å². The number of hydrogen-bond donors (Lipinski definition) is 1. The van der Waals surface area contributed by atoms with Gasteiger partial charge in [-0.15, -0.1) is 0 Å². The van der Waals surface area contributed by atoms with Crippen molar-refractivity contribution in [1.82, 2.24) is 0 Å². The van der Waals surface area contributed by atoms with Crippen molar-refractivity contribution in [3.05, 3.63) is 24.2 Å². The first kappa shape index (κ1) is 16.5. The van der Waals surface area contributed by atoms with Crippen LogP contribution in [0.25, 0.3) is 0 Å². The summed E-state index contributed by atoms with van der Waals surface area (Å²) in [6, 6.07) is 1.84. The number of fused-ring (bicyclic) bond motifs is 4. The Labute approximate surface area is 151 Å². The van der Waals surface area contributed by atoms with Gasteiger partial charge in [0.05, 0.1) is 29.6 Å². The highest BCUT2D eigenvalue weighted by Gasteiger charge is 2.87. The number of epoxide rings is 1. The van der Waals surface area contributed by atoms with Crippen LogP contribution in [-0.4, -0.2) is 40.3 Å². The number of ketones is 1. The minimum atomic E-state index is -1.47. The number of cyclic esters (lactones) is 1. The van der Waals surface area contributed by atoms with E-state index in [1.54, 1.807) is 19.5 Å². The van der Waals surface area contributed by atoms with Crippen molar-refractivity contribution < 1.29 is 28.6 Å².